The first-order valence-electron chi connectivity index (χ1n) is 8.53. The molecule has 0 spiro atoms. The van der Waals surface area contributed by atoms with Crippen LogP contribution in [0.3, 0.4) is 0 Å². The molecule has 2 N–H and O–H groups in total. The van der Waals surface area contributed by atoms with Crippen LogP contribution in [0.1, 0.15) is 24.2 Å². The molecule has 1 aliphatic heterocycles. The van der Waals surface area contributed by atoms with Gasteiger partial charge in [0.25, 0.3) is 0 Å². The van der Waals surface area contributed by atoms with Crippen molar-refractivity contribution in [3.05, 3.63) is 59.7 Å². The third-order valence-corrected chi connectivity index (χ3v) is 4.40. The highest BCUT2D eigenvalue weighted by molar-refractivity contribution is 5.80. The van der Waals surface area contributed by atoms with Gasteiger partial charge in [-0.1, -0.05) is 30.3 Å². The van der Waals surface area contributed by atoms with Crippen LogP contribution in [0.25, 0.3) is 0 Å². The summed E-state index contributed by atoms with van der Waals surface area (Å²) in [5.41, 5.74) is 3.18. The summed E-state index contributed by atoms with van der Waals surface area (Å²) in [6, 6.07) is 15.9. The molecular weight excluding hydrogens is 316 g/mol. The second-order valence-electron chi connectivity index (χ2n) is 6.21. The van der Waals surface area contributed by atoms with E-state index in [1.165, 1.54) is 5.56 Å². The highest BCUT2D eigenvalue weighted by Crippen LogP contribution is 2.27. The topological polar surface area (TPSA) is 59.6 Å². The summed E-state index contributed by atoms with van der Waals surface area (Å²) in [5.74, 6) is 0.869. The summed E-state index contributed by atoms with van der Waals surface area (Å²) >= 11 is 0. The number of hydrogen-bond donors (Lipinski definition) is 2. The van der Waals surface area contributed by atoms with E-state index in [4.69, 9.17) is 9.47 Å². The van der Waals surface area contributed by atoms with Gasteiger partial charge in [-0.2, -0.15) is 0 Å². The number of nitrogens with one attached hydrogen (secondary N) is 2. The number of carbonyl (C=O) groups excluding carboxylic acids is 1. The summed E-state index contributed by atoms with van der Waals surface area (Å²) in [7, 11) is 1.68. The molecular formula is C20H24N2O3. The third kappa shape index (κ3) is 4.51. The van der Waals surface area contributed by atoms with Gasteiger partial charge in [0.05, 0.1) is 19.2 Å². The Morgan fingerprint density at radius 2 is 2.12 bits per heavy atom. The lowest BCUT2D eigenvalue weighted by molar-refractivity contribution is -0.119. The summed E-state index contributed by atoms with van der Waals surface area (Å²) in [6.07, 6.45) is 0.866. The zero-order valence-corrected chi connectivity index (χ0v) is 14.6. The zero-order valence-electron chi connectivity index (χ0n) is 14.6. The van der Waals surface area contributed by atoms with Gasteiger partial charge in [-0.15, -0.1) is 0 Å². The SMILES string of the molecule is CO[C@@H](C)c1cccc(NCC(=O)NC[C@@H]2Cc3ccccc3O2)c1. The molecule has 0 fully saturated rings. The molecule has 5 nitrogen and oxygen atoms in total. The minimum absolute atomic E-state index is 0.00669. The fraction of sp³-hybridized carbons (Fsp3) is 0.350. The zero-order chi connectivity index (χ0) is 17.6. The van der Waals surface area contributed by atoms with Crippen molar-refractivity contribution >= 4 is 11.6 Å². The van der Waals surface area contributed by atoms with Crippen LogP contribution in [0.15, 0.2) is 48.5 Å². The molecule has 0 unspecified atom stereocenters. The van der Waals surface area contributed by atoms with Crippen molar-refractivity contribution in [3.8, 4) is 5.75 Å². The molecule has 2 atom stereocenters. The van der Waals surface area contributed by atoms with E-state index in [-0.39, 0.29) is 24.7 Å². The monoisotopic (exact) mass is 340 g/mol. The van der Waals surface area contributed by atoms with Crippen molar-refractivity contribution in [2.24, 2.45) is 0 Å². The smallest absolute Gasteiger partial charge is 0.239 e. The fourth-order valence-corrected chi connectivity index (χ4v) is 2.88. The van der Waals surface area contributed by atoms with Crippen molar-refractivity contribution in [2.75, 3.05) is 25.5 Å². The van der Waals surface area contributed by atoms with Crippen molar-refractivity contribution < 1.29 is 14.3 Å². The number of fused-ring (bicyclic) bond motifs is 1. The first kappa shape index (κ1) is 17.3. The average molecular weight is 340 g/mol. The third-order valence-electron chi connectivity index (χ3n) is 4.40. The van der Waals surface area contributed by atoms with E-state index in [1.807, 2.05) is 49.4 Å². The predicted octanol–water partition coefficient (Wildman–Crippen LogP) is 2.93. The summed E-state index contributed by atoms with van der Waals surface area (Å²) in [4.78, 5) is 12.1. The maximum absolute atomic E-state index is 12.1. The molecule has 2 aromatic rings. The Hall–Kier alpha value is -2.53. The quantitative estimate of drug-likeness (QED) is 0.814. The normalized spacial score (nSPS) is 16.6. The van der Waals surface area contributed by atoms with Crippen molar-refractivity contribution in [2.45, 2.75) is 25.6 Å². The van der Waals surface area contributed by atoms with Gasteiger partial charge in [-0.05, 0) is 36.2 Å². The number of ether oxygens (including phenoxy) is 2. The minimum atomic E-state index is -0.0512. The maximum Gasteiger partial charge on any atom is 0.239 e. The first-order chi connectivity index (χ1) is 12.2. The minimum Gasteiger partial charge on any atom is -0.488 e. The molecule has 0 bridgehead atoms. The molecule has 3 rings (SSSR count). The lowest BCUT2D eigenvalue weighted by atomic mass is 10.1. The van der Waals surface area contributed by atoms with Crippen LogP contribution in [0.2, 0.25) is 0 Å². The average Bonchev–Trinajstić information content (AvgIpc) is 3.07. The van der Waals surface area contributed by atoms with Gasteiger partial charge in [0.15, 0.2) is 0 Å². The second-order valence-corrected chi connectivity index (χ2v) is 6.21. The number of methoxy groups -OCH3 is 1. The molecule has 1 amide bonds. The van der Waals surface area contributed by atoms with E-state index in [9.17, 15) is 4.79 Å². The van der Waals surface area contributed by atoms with Gasteiger partial charge >= 0.3 is 0 Å². The lowest BCUT2D eigenvalue weighted by Crippen LogP contribution is -2.37. The number of rotatable bonds is 7. The van der Waals surface area contributed by atoms with Crippen LogP contribution in [-0.2, 0) is 16.0 Å². The Morgan fingerprint density at radius 1 is 1.28 bits per heavy atom. The first-order valence-corrected chi connectivity index (χ1v) is 8.53. The number of carbonyl (C=O) groups is 1. The van der Waals surface area contributed by atoms with E-state index in [0.29, 0.717) is 6.54 Å². The van der Waals surface area contributed by atoms with E-state index in [2.05, 4.69) is 16.7 Å². The Morgan fingerprint density at radius 3 is 2.92 bits per heavy atom. The van der Waals surface area contributed by atoms with Gasteiger partial charge in [-0.25, -0.2) is 0 Å². The molecule has 1 heterocycles. The van der Waals surface area contributed by atoms with Crippen LogP contribution in [-0.4, -0.2) is 32.2 Å². The highest BCUT2D eigenvalue weighted by Gasteiger charge is 2.22. The largest absolute Gasteiger partial charge is 0.488 e. The van der Waals surface area contributed by atoms with Gasteiger partial charge in [0.2, 0.25) is 5.91 Å². The molecule has 0 aliphatic carbocycles. The molecule has 132 valence electrons. The van der Waals surface area contributed by atoms with E-state index < -0.39 is 0 Å². The van der Waals surface area contributed by atoms with E-state index in [0.717, 1.165) is 23.4 Å². The fourth-order valence-electron chi connectivity index (χ4n) is 2.88. The molecule has 0 aromatic heterocycles. The molecule has 0 saturated carbocycles. The molecule has 5 heteroatoms. The maximum atomic E-state index is 12.1. The van der Waals surface area contributed by atoms with Crippen LogP contribution in [0.5, 0.6) is 5.75 Å². The second kappa shape index (κ2) is 8.03. The van der Waals surface area contributed by atoms with Gasteiger partial charge in [0.1, 0.15) is 11.9 Å². The molecule has 0 radical (unpaired) electrons. The number of amides is 1. The number of para-hydroxylation sites is 1. The van der Waals surface area contributed by atoms with Crippen LogP contribution >= 0.6 is 0 Å². The van der Waals surface area contributed by atoms with E-state index >= 15 is 0 Å². The van der Waals surface area contributed by atoms with Crippen LogP contribution < -0.4 is 15.4 Å². The highest BCUT2D eigenvalue weighted by atomic mass is 16.5. The number of benzene rings is 2. The van der Waals surface area contributed by atoms with Gasteiger partial charge in [0, 0.05) is 19.2 Å². The van der Waals surface area contributed by atoms with Crippen LogP contribution in [0.4, 0.5) is 5.69 Å². The summed E-state index contributed by atoms with van der Waals surface area (Å²) in [6.45, 7) is 2.73. The Labute approximate surface area is 148 Å². The summed E-state index contributed by atoms with van der Waals surface area (Å²) < 4.78 is 11.1. The molecule has 2 aromatic carbocycles. The van der Waals surface area contributed by atoms with Gasteiger partial charge < -0.3 is 20.1 Å². The molecule has 1 aliphatic rings. The van der Waals surface area contributed by atoms with Crippen molar-refractivity contribution in [3.63, 3.8) is 0 Å². The molecule has 25 heavy (non-hydrogen) atoms. The lowest BCUT2D eigenvalue weighted by Gasteiger charge is -2.14. The summed E-state index contributed by atoms with van der Waals surface area (Å²) in [5, 5.41) is 6.08. The predicted molar refractivity (Wildman–Crippen MR) is 97.9 cm³/mol. The van der Waals surface area contributed by atoms with Crippen LogP contribution in [0, 0.1) is 0 Å². The van der Waals surface area contributed by atoms with E-state index in [1.54, 1.807) is 7.11 Å². The Balaban J connectivity index is 1.43. The van der Waals surface area contributed by atoms with Crippen molar-refractivity contribution in [1.82, 2.24) is 5.32 Å². The number of hydrogen-bond acceptors (Lipinski definition) is 4. The Kier molecular flexibility index (Phi) is 5.56. The Bertz CT molecular complexity index is 707. The standard InChI is InChI=1S/C20H24N2O3/c1-14(24-2)15-7-5-8-17(10-15)21-13-20(23)22-12-18-11-16-6-3-4-9-19(16)25-18/h3-10,14,18,21H,11-13H2,1-2H3,(H,22,23)/t14-,18-/m0/s1. The number of anilines is 1. The molecule has 0 saturated heterocycles. The van der Waals surface area contributed by atoms with Crippen molar-refractivity contribution in [1.29, 1.82) is 0 Å². The van der Waals surface area contributed by atoms with Gasteiger partial charge in [-0.3, -0.25) is 4.79 Å².